The number of ether oxygens (including phenoxy) is 1. The predicted molar refractivity (Wildman–Crippen MR) is 136 cm³/mol. The van der Waals surface area contributed by atoms with Crippen LogP contribution in [-0.2, 0) is 4.79 Å². The topological polar surface area (TPSA) is 56.1 Å². The van der Waals surface area contributed by atoms with Crippen LogP contribution in [-0.4, -0.2) is 26.6 Å². The SMILES string of the molecule is CCCOc1c(Br)cc(-c2nn(-c3ccccc3)cc2/C=C2\SC(=S)NC2=O)cc1Br. The molecule has 0 atom stereocenters. The van der Waals surface area contributed by atoms with Gasteiger partial charge in [0.2, 0.25) is 0 Å². The van der Waals surface area contributed by atoms with E-state index in [0.29, 0.717) is 15.8 Å². The number of nitrogens with zero attached hydrogens (tertiary/aromatic N) is 2. The number of carbonyl (C=O) groups is 1. The van der Waals surface area contributed by atoms with Gasteiger partial charge in [0.25, 0.3) is 5.91 Å². The molecule has 1 saturated heterocycles. The van der Waals surface area contributed by atoms with Crippen LogP contribution in [0.5, 0.6) is 5.75 Å². The van der Waals surface area contributed by atoms with Crippen molar-refractivity contribution < 1.29 is 9.53 Å². The van der Waals surface area contributed by atoms with E-state index >= 15 is 0 Å². The third-order valence-corrected chi connectivity index (χ3v) is 6.75. The van der Waals surface area contributed by atoms with Crippen molar-refractivity contribution in [2.45, 2.75) is 13.3 Å². The number of thiocarbonyl (C=S) groups is 1. The number of benzene rings is 2. The Morgan fingerprint density at radius 2 is 1.94 bits per heavy atom. The van der Waals surface area contributed by atoms with Crippen LogP contribution in [0.25, 0.3) is 23.0 Å². The summed E-state index contributed by atoms with van der Waals surface area (Å²) in [7, 11) is 0. The lowest BCUT2D eigenvalue weighted by molar-refractivity contribution is -0.115. The van der Waals surface area contributed by atoms with Crippen LogP contribution in [0.3, 0.4) is 0 Å². The highest BCUT2D eigenvalue weighted by atomic mass is 79.9. The summed E-state index contributed by atoms with van der Waals surface area (Å²) in [5, 5.41) is 7.49. The van der Waals surface area contributed by atoms with Crippen LogP contribution in [0, 0.1) is 0 Å². The van der Waals surface area contributed by atoms with Crippen molar-refractivity contribution >= 4 is 72.1 Å². The highest BCUT2D eigenvalue weighted by molar-refractivity contribution is 9.11. The summed E-state index contributed by atoms with van der Waals surface area (Å²) in [4.78, 5) is 12.8. The zero-order valence-corrected chi connectivity index (χ0v) is 21.2. The molecule has 1 amide bonds. The van der Waals surface area contributed by atoms with Gasteiger partial charge in [0.05, 0.1) is 26.1 Å². The minimum atomic E-state index is -0.195. The Morgan fingerprint density at radius 3 is 2.55 bits per heavy atom. The monoisotopic (exact) mass is 577 g/mol. The second-order valence-corrected chi connectivity index (χ2v) is 10.1. The van der Waals surface area contributed by atoms with E-state index in [1.54, 1.807) is 4.68 Å². The van der Waals surface area contributed by atoms with E-state index in [0.717, 1.165) is 43.6 Å². The van der Waals surface area contributed by atoms with Crippen LogP contribution < -0.4 is 10.1 Å². The largest absolute Gasteiger partial charge is 0.491 e. The van der Waals surface area contributed by atoms with Gasteiger partial charge in [-0.3, -0.25) is 4.79 Å². The molecule has 4 rings (SSSR count). The van der Waals surface area contributed by atoms with Crippen LogP contribution in [0.1, 0.15) is 18.9 Å². The first-order valence-electron chi connectivity index (χ1n) is 9.48. The van der Waals surface area contributed by atoms with Gasteiger partial charge in [-0.25, -0.2) is 4.68 Å². The number of hydrogen-bond donors (Lipinski definition) is 1. The third-order valence-electron chi connectivity index (χ3n) is 4.41. The Labute approximate surface area is 206 Å². The van der Waals surface area contributed by atoms with Crippen molar-refractivity contribution in [2.24, 2.45) is 0 Å². The first-order chi connectivity index (χ1) is 15.0. The molecule has 9 heteroatoms. The summed E-state index contributed by atoms with van der Waals surface area (Å²) in [6, 6.07) is 13.8. The van der Waals surface area contributed by atoms with Crippen LogP contribution in [0.15, 0.2) is 62.5 Å². The van der Waals surface area contributed by atoms with Gasteiger partial charge < -0.3 is 10.1 Å². The standard InChI is InChI=1S/C22H17Br2N3O2S2/c1-2-8-29-20-16(23)9-13(10-17(20)24)19-14(11-18-21(28)25-22(30)31-18)12-27(26-19)15-6-4-3-5-7-15/h3-7,9-12H,2,8H2,1H3,(H,25,28,30)/b18-11-. The normalized spacial score (nSPS) is 14.9. The van der Waals surface area contributed by atoms with Gasteiger partial charge in [-0.1, -0.05) is 49.1 Å². The van der Waals surface area contributed by atoms with E-state index in [1.165, 1.54) is 11.8 Å². The molecule has 1 N–H and O–H groups in total. The molecule has 3 aromatic rings. The number of nitrogens with one attached hydrogen (secondary N) is 1. The van der Waals surface area contributed by atoms with Gasteiger partial charge >= 0.3 is 0 Å². The van der Waals surface area contributed by atoms with E-state index in [-0.39, 0.29) is 5.91 Å². The Bertz CT molecular complexity index is 1170. The fraction of sp³-hybridized carbons (Fsp3) is 0.136. The molecular formula is C22H17Br2N3O2S2. The molecule has 0 radical (unpaired) electrons. The van der Waals surface area contributed by atoms with Gasteiger partial charge in [-0.2, -0.15) is 5.10 Å². The highest BCUT2D eigenvalue weighted by Crippen LogP contribution is 2.39. The van der Waals surface area contributed by atoms with Gasteiger partial charge in [0, 0.05) is 17.3 Å². The summed E-state index contributed by atoms with van der Waals surface area (Å²) in [6.07, 6.45) is 4.65. The lowest BCUT2D eigenvalue weighted by Gasteiger charge is -2.11. The minimum Gasteiger partial charge on any atom is -0.491 e. The number of halogens is 2. The molecule has 1 aromatic heterocycles. The van der Waals surface area contributed by atoms with Crippen LogP contribution in [0.2, 0.25) is 0 Å². The zero-order valence-electron chi connectivity index (χ0n) is 16.4. The summed E-state index contributed by atoms with van der Waals surface area (Å²) >= 11 is 13.6. The average molecular weight is 579 g/mol. The van der Waals surface area contributed by atoms with E-state index < -0.39 is 0 Å². The van der Waals surface area contributed by atoms with E-state index in [2.05, 4.69) is 44.1 Å². The number of rotatable bonds is 6. The second kappa shape index (κ2) is 9.68. The number of carbonyl (C=O) groups excluding carboxylic acids is 1. The maximum absolute atomic E-state index is 12.2. The number of hydrogen-bond acceptors (Lipinski definition) is 5. The fourth-order valence-electron chi connectivity index (χ4n) is 3.03. The van der Waals surface area contributed by atoms with Crippen molar-refractivity contribution in [1.82, 2.24) is 15.1 Å². The van der Waals surface area contributed by atoms with Gasteiger partial charge in [-0.15, -0.1) is 0 Å². The lowest BCUT2D eigenvalue weighted by Crippen LogP contribution is -2.17. The maximum Gasteiger partial charge on any atom is 0.263 e. The summed E-state index contributed by atoms with van der Waals surface area (Å²) in [5.74, 6) is 0.558. The zero-order chi connectivity index (χ0) is 22.0. The van der Waals surface area contributed by atoms with Gasteiger partial charge in [0.15, 0.2) is 0 Å². The molecule has 158 valence electrons. The summed E-state index contributed by atoms with van der Waals surface area (Å²) in [5.41, 5.74) is 3.36. The highest BCUT2D eigenvalue weighted by Gasteiger charge is 2.24. The lowest BCUT2D eigenvalue weighted by atomic mass is 10.1. The van der Waals surface area contributed by atoms with Crippen molar-refractivity contribution in [3.8, 4) is 22.7 Å². The third kappa shape index (κ3) is 4.95. The number of amides is 1. The molecular weight excluding hydrogens is 562 g/mol. The van der Waals surface area contributed by atoms with Crippen molar-refractivity contribution in [2.75, 3.05) is 6.61 Å². The number of para-hydroxylation sites is 1. The average Bonchev–Trinajstić information content (AvgIpc) is 3.31. The van der Waals surface area contributed by atoms with Gasteiger partial charge in [0.1, 0.15) is 15.8 Å². The molecule has 0 bridgehead atoms. The molecule has 2 aromatic carbocycles. The quantitative estimate of drug-likeness (QED) is 0.273. The number of thioether (sulfide) groups is 1. The summed E-state index contributed by atoms with van der Waals surface area (Å²) in [6.45, 7) is 2.69. The molecule has 0 unspecified atom stereocenters. The Hall–Kier alpha value is -1.94. The molecule has 1 fully saturated rings. The van der Waals surface area contributed by atoms with Crippen molar-refractivity contribution in [3.63, 3.8) is 0 Å². The van der Waals surface area contributed by atoms with E-state index in [1.807, 2.05) is 54.7 Å². The van der Waals surface area contributed by atoms with Crippen LogP contribution >= 0.6 is 55.8 Å². The number of aromatic nitrogens is 2. The smallest absolute Gasteiger partial charge is 0.263 e. The van der Waals surface area contributed by atoms with E-state index in [4.69, 9.17) is 22.1 Å². The Morgan fingerprint density at radius 1 is 1.23 bits per heavy atom. The molecule has 5 nitrogen and oxygen atoms in total. The van der Waals surface area contributed by atoms with Crippen molar-refractivity contribution in [1.29, 1.82) is 0 Å². The molecule has 0 spiro atoms. The van der Waals surface area contributed by atoms with Crippen molar-refractivity contribution in [3.05, 3.63) is 68.1 Å². The fourth-order valence-corrected chi connectivity index (χ4v) is 5.48. The molecule has 31 heavy (non-hydrogen) atoms. The minimum absolute atomic E-state index is 0.195. The van der Waals surface area contributed by atoms with E-state index in [9.17, 15) is 4.79 Å². The molecule has 1 aliphatic rings. The Kier molecular flexibility index (Phi) is 6.95. The molecule has 2 heterocycles. The maximum atomic E-state index is 12.2. The molecule has 0 aliphatic carbocycles. The first kappa shape index (κ1) is 22.3. The van der Waals surface area contributed by atoms with Gasteiger partial charge in [-0.05, 0) is 68.6 Å². The molecule has 0 saturated carbocycles. The molecule has 1 aliphatic heterocycles. The predicted octanol–water partition coefficient (Wildman–Crippen LogP) is 6.34. The Balaban J connectivity index is 1.83. The second-order valence-electron chi connectivity index (χ2n) is 6.68. The van der Waals surface area contributed by atoms with Crippen LogP contribution in [0.4, 0.5) is 0 Å². The first-order valence-corrected chi connectivity index (χ1v) is 12.3. The summed E-state index contributed by atoms with van der Waals surface area (Å²) < 4.78 is 9.76.